The molecule has 0 aromatic heterocycles. The van der Waals surface area contributed by atoms with Gasteiger partial charge in [0.2, 0.25) is 17.7 Å². The predicted octanol–water partition coefficient (Wildman–Crippen LogP) is 5.66. The maximum Gasteiger partial charge on any atom is 0.228 e. The Morgan fingerprint density at radius 2 is 1.68 bits per heavy atom. The first-order valence-electron chi connectivity index (χ1n) is 15.5. The van der Waals surface area contributed by atoms with Crippen molar-refractivity contribution in [3.63, 3.8) is 0 Å². The van der Waals surface area contributed by atoms with Gasteiger partial charge in [-0.15, -0.1) is 0 Å². The number of amides is 3. The number of halogens is 3. The molecule has 1 saturated carbocycles. The predicted molar refractivity (Wildman–Crippen MR) is 168 cm³/mol. The highest BCUT2D eigenvalue weighted by molar-refractivity contribution is 6.42. The molecule has 2 aliphatic heterocycles. The first kappa shape index (κ1) is 32.4. The van der Waals surface area contributed by atoms with Crippen molar-refractivity contribution < 1.29 is 23.6 Å². The number of hydrogen-bond donors (Lipinski definition) is 2. The quantitative estimate of drug-likeness (QED) is 0.324. The van der Waals surface area contributed by atoms with Crippen LogP contribution in [0.15, 0.2) is 36.4 Å². The van der Waals surface area contributed by atoms with Crippen LogP contribution in [0.2, 0.25) is 10.0 Å². The lowest BCUT2D eigenvalue weighted by molar-refractivity contribution is -0.148. The number of likely N-dealkylation sites (tertiary alicyclic amines) is 1. The van der Waals surface area contributed by atoms with Crippen molar-refractivity contribution in [3.8, 4) is 0 Å². The number of nitrogens with zero attached hydrogens (tertiary/aromatic N) is 2. The molecular weight excluding hydrogens is 606 g/mol. The molecule has 1 saturated heterocycles. The van der Waals surface area contributed by atoms with Crippen LogP contribution in [0.3, 0.4) is 0 Å². The lowest BCUT2D eigenvalue weighted by atomic mass is 9.70. The Kier molecular flexibility index (Phi) is 10.3. The van der Waals surface area contributed by atoms with Crippen LogP contribution >= 0.6 is 23.2 Å². The molecule has 5 rings (SSSR count). The average Bonchev–Trinajstić information content (AvgIpc) is 3.01. The third-order valence-corrected chi connectivity index (χ3v) is 10.3. The van der Waals surface area contributed by atoms with E-state index in [-0.39, 0.29) is 77.6 Å². The SMILES string of the molecule is NCC[C@H](CC(=O)[C@@H]1Cc2ccccc2CN1C(=O)CCC(=O)N1CCCCC12CCC2)C(=O)Nc1ccc(Cl)c(Cl)c1F. The normalized spacial score (nSPS) is 19.6. The van der Waals surface area contributed by atoms with E-state index in [0.29, 0.717) is 6.42 Å². The molecular formula is C33H39Cl2FN4O4. The van der Waals surface area contributed by atoms with Crippen LogP contribution in [-0.2, 0) is 32.1 Å². The summed E-state index contributed by atoms with van der Waals surface area (Å²) in [5.74, 6) is -2.84. The molecule has 3 amide bonds. The van der Waals surface area contributed by atoms with Gasteiger partial charge >= 0.3 is 0 Å². The van der Waals surface area contributed by atoms with E-state index in [9.17, 15) is 23.6 Å². The number of anilines is 1. The van der Waals surface area contributed by atoms with Crippen LogP contribution in [-0.4, -0.2) is 58.0 Å². The zero-order valence-electron chi connectivity index (χ0n) is 24.8. The summed E-state index contributed by atoms with van der Waals surface area (Å²) in [6.45, 7) is 1.11. The molecule has 44 heavy (non-hydrogen) atoms. The van der Waals surface area contributed by atoms with Gasteiger partial charge in [0, 0.05) is 50.2 Å². The van der Waals surface area contributed by atoms with Crippen LogP contribution < -0.4 is 11.1 Å². The number of hydrogen-bond acceptors (Lipinski definition) is 5. The van der Waals surface area contributed by atoms with Gasteiger partial charge < -0.3 is 20.9 Å². The molecule has 0 bridgehead atoms. The van der Waals surface area contributed by atoms with Crippen LogP contribution in [0.4, 0.5) is 10.1 Å². The van der Waals surface area contributed by atoms with Gasteiger partial charge in [0.05, 0.1) is 21.8 Å². The lowest BCUT2D eigenvalue weighted by Gasteiger charge is -2.53. The zero-order valence-corrected chi connectivity index (χ0v) is 26.3. The molecule has 1 aliphatic carbocycles. The standard InChI is InChI=1S/C33H39Cl2FN4O4/c34-24-8-9-25(31(36)30(24)35)38-32(44)22(12-16-37)19-27(41)26-18-21-6-1-2-7-23(21)20-39(26)28(42)10-11-29(43)40-17-4-3-13-33(40)14-5-15-33/h1-2,6-9,22,26H,3-5,10-20,37H2,(H,38,44)/t22-,26+/m1/s1. The molecule has 0 radical (unpaired) electrons. The van der Waals surface area contributed by atoms with Crippen molar-refractivity contribution in [2.24, 2.45) is 11.7 Å². The third-order valence-electron chi connectivity index (χ3n) is 9.55. The van der Waals surface area contributed by atoms with E-state index in [1.165, 1.54) is 12.1 Å². The number of rotatable bonds is 10. The van der Waals surface area contributed by atoms with Crippen molar-refractivity contribution in [2.45, 2.75) is 88.8 Å². The fourth-order valence-electron chi connectivity index (χ4n) is 6.92. The Bertz CT molecular complexity index is 1430. The van der Waals surface area contributed by atoms with Crippen molar-refractivity contribution in [1.29, 1.82) is 0 Å². The van der Waals surface area contributed by atoms with E-state index in [2.05, 4.69) is 5.32 Å². The molecule has 2 fully saturated rings. The fourth-order valence-corrected chi connectivity index (χ4v) is 7.23. The smallest absolute Gasteiger partial charge is 0.228 e. The molecule has 11 heteroatoms. The molecule has 236 valence electrons. The molecule has 3 aliphatic rings. The van der Waals surface area contributed by atoms with E-state index >= 15 is 0 Å². The number of benzene rings is 2. The molecule has 2 aromatic carbocycles. The summed E-state index contributed by atoms with van der Waals surface area (Å²) < 4.78 is 14.6. The van der Waals surface area contributed by atoms with Gasteiger partial charge in [-0.25, -0.2) is 4.39 Å². The average molecular weight is 646 g/mol. The Morgan fingerprint density at radius 1 is 0.977 bits per heavy atom. The molecule has 2 heterocycles. The molecule has 2 aromatic rings. The van der Waals surface area contributed by atoms with Gasteiger partial charge in [0.1, 0.15) is 0 Å². The topological polar surface area (TPSA) is 113 Å². The largest absolute Gasteiger partial charge is 0.337 e. The van der Waals surface area contributed by atoms with E-state index in [0.717, 1.165) is 56.2 Å². The summed E-state index contributed by atoms with van der Waals surface area (Å²) in [4.78, 5) is 57.6. The Balaban J connectivity index is 1.29. The minimum atomic E-state index is -0.867. The zero-order chi connectivity index (χ0) is 31.4. The van der Waals surface area contributed by atoms with E-state index in [4.69, 9.17) is 28.9 Å². The summed E-state index contributed by atoms with van der Waals surface area (Å²) in [7, 11) is 0. The monoisotopic (exact) mass is 644 g/mol. The highest BCUT2D eigenvalue weighted by atomic mass is 35.5. The van der Waals surface area contributed by atoms with Gasteiger partial charge in [0.25, 0.3) is 0 Å². The number of ketones is 1. The first-order chi connectivity index (χ1) is 21.1. The summed E-state index contributed by atoms with van der Waals surface area (Å²) in [6.07, 6.45) is 6.76. The van der Waals surface area contributed by atoms with Crippen molar-refractivity contribution in [3.05, 3.63) is 63.4 Å². The Hall–Kier alpha value is -3.01. The maximum atomic E-state index is 14.6. The summed E-state index contributed by atoms with van der Waals surface area (Å²) in [5, 5.41) is 2.21. The van der Waals surface area contributed by atoms with Crippen LogP contribution in [0, 0.1) is 11.7 Å². The summed E-state index contributed by atoms with van der Waals surface area (Å²) >= 11 is 11.8. The van der Waals surface area contributed by atoms with Crippen LogP contribution in [0.25, 0.3) is 0 Å². The number of fused-ring (bicyclic) bond motifs is 1. The van der Waals surface area contributed by atoms with Gasteiger partial charge in [0.15, 0.2) is 11.6 Å². The minimum absolute atomic E-state index is 0.00671. The van der Waals surface area contributed by atoms with Crippen molar-refractivity contribution >= 4 is 52.4 Å². The summed E-state index contributed by atoms with van der Waals surface area (Å²) in [5.41, 5.74) is 7.52. The Labute approximate surface area is 267 Å². The number of carbonyl (C=O) groups excluding carboxylic acids is 4. The number of nitrogens with two attached hydrogens (primary N) is 1. The summed E-state index contributed by atoms with van der Waals surface area (Å²) in [6, 6.07) is 9.54. The number of piperidine rings is 1. The van der Waals surface area contributed by atoms with Crippen LogP contribution in [0.1, 0.15) is 75.3 Å². The molecule has 3 N–H and O–H groups in total. The molecule has 8 nitrogen and oxygen atoms in total. The number of Topliss-reactive ketones (excluding diaryl/α,β-unsaturated/α-hetero) is 1. The first-order valence-corrected chi connectivity index (χ1v) is 16.2. The van der Waals surface area contributed by atoms with E-state index in [1.54, 1.807) is 4.90 Å². The fraction of sp³-hybridized carbons (Fsp3) is 0.515. The van der Waals surface area contributed by atoms with Gasteiger partial charge in [-0.1, -0.05) is 47.5 Å². The van der Waals surface area contributed by atoms with Gasteiger partial charge in [-0.05, 0) is 74.8 Å². The Morgan fingerprint density at radius 3 is 2.39 bits per heavy atom. The molecule has 2 atom stereocenters. The maximum absolute atomic E-state index is 14.6. The highest BCUT2D eigenvalue weighted by Gasteiger charge is 2.46. The van der Waals surface area contributed by atoms with Gasteiger partial charge in [-0.3, -0.25) is 19.2 Å². The highest BCUT2D eigenvalue weighted by Crippen LogP contribution is 2.44. The molecule has 1 spiro atoms. The second-order valence-electron chi connectivity index (χ2n) is 12.2. The van der Waals surface area contributed by atoms with Gasteiger partial charge in [-0.2, -0.15) is 0 Å². The molecule has 0 unspecified atom stereocenters. The van der Waals surface area contributed by atoms with E-state index in [1.807, 2.05) is 29.2 Å². The van der Waals surface area contributed by atoms with Crippen LogP contribution in [0.5, 0.6) is 0 Å². The number of nitrogens with one attached hydrogen (secondary N) is 1. The lowest BCUT2D eigenvalue weighted by Crippen LogP contribution is -2.58. The second kappa shape index (κ2) is 14.0. The second-order valence-corrected chi connectivity index (χ2v) is 13.0. The van der Waals surface area contributed by atoms with E-state index < -0.39 is 23.7 Å². The third kappa shape index (κ3) is 6.80. The number of carbonyl (C=O) groups is 4. The van der Waals surface area contributed by atoms with Crippen molar-refractivity contribution in [2.75, 3.05) is 18.4 Å². The van der Waals surface area contributed by atoms with Crippen molar-refractivity contribution in [1.82, 2.24) is 9.80 Å². The minimum Gasteiger partial charge on any atom is -0.337 e.